The van der Waals surface area contributed by atoms with Gasteiger partial charge < -0.3 is 19.0 Å². The number of piperazine rings is 1. The lowest BCUT2D eigenvalue weighted by molar-refractivity contribution is -0.130. The summed E-state index contributed by atoms with van der Waals surface area (Å²) in [6, 6.07) is 14.1. The number of amides is 1. The van der Waals surface area contributed by atoms with Gasteiger partial charge >= 0.3 is 5.63 Å². The molecule has 6 nitrogen and oxygen atoms in total. The average Bonchev–Trinajstić information content (AvgIpc) is 2.81. The Kier molecular flexibility index (Phi) is 5.39. The molecular weight excluding hydrogens is 416 g/mol. The third kappa shape index (κ3) is 4.22. The van der Waals surface area contributed by atoms with Gasteiger partial charge in [0, 0.05) is 43.3 Å². The lowest BCUT2D eigenvalue weighted by Gasteiger charge is -2.36. The van der Waals surface area contributed by atoms with E-state index >= 15 is 0 Å². The third-order valence-corrected chi connectivity index (χ3v) is 6.93. The Morgan fingerprint density at radius 3 is 2.52 bits per heavy atom. The number of carbonyl (C=O) groups excluding carboxylic acids is 1. The summed E-state index contributed by atoms with van der Waals surface area (Å²) < 4.78 is 11.8. The molecular formula is C27H30N2O4. The monoisotopic (exact) mass is 446 g/mol. The van der Waals surface area contributed by atoms with Crippen molar-refractivity contribution in [2.45, 2.75) is 45.6 Å². The van der Waals surface area contributed by atoms with Crippen molar-refractivity contribution in [2.24, 2.45) is 0 Å². The van der Waals surface area contributed by atoms with Gasteiger partial charge in [0.05, 0.1) is 12.0 Å². The van der Waals surface area contributed by atoms with Crippen LogP contribution in [0.1, 0.15) is 37.0 Å². The van der Waals surface area contributed by atoms with Crippen LogP contribution in [-0.4, -0.2) is 42.6 Å². The maximum absolute atomic E-state index is 13.1. The minimum atomic E-state index is -0.439. The Labute approximate surface area is 193 Å². The molecule has 0 aliphatic carbocycles. The van der Waals surface area contributed by atoms with E-state index in [0.29, 0.717) is 24.2 Å². The van der Waals surface area contributed by atoms with Gasteiger partial charge in [0.1, 0.15) is 16.9 Å². The highest BCUT2D eigenvalue weighted by Gasteiger charge is 2.28. The number of fused-ring (bicyclic) bond motifs is 2. The quantitative estimate of drug-likeness (QED) is 0.567. The second kappa shape index (κ2) is 8.25. The molecule has 33 heavy (non-hydrogen) atoms. The van der Waals surface area contributed by atoms with Crippen molar-refractivity contribution in [1.29, 1.82) is 0 Å². The molecule has 1 aromatic heterocycles. The molecule has 0 radical (unpaired) electrons. The average molecular weight is 447 g/mol. The van der Waals surface area contributed by atoms with Crippen molar-refractivity contribution in [2.75, 3.05) is 31.1 Å². The summed E-state index contributed by atoms with van der Waals surface area (Å²) in [5, 5.41) is 0.883. The molecule has 1 fully saturated rings. The van der Waals surface area contributed by atoms with Crippen molar-refractivity contribution in [3.8, 4) is 5.75 Å². The number of carbonyl (C=O) groups is 1. The molecule has 0 spiro atoms. The van der Waals surface area contributed by atoms with Crippen LogP contribution in [0, 0.1) is 6.92 Å². The molecule has 1 amide bonds. The number of aryl methyl sites for hydroxylation is 2. The highest BCUT2D eigenvalue weighted by molar-refractivity contribution is 5.86. The zero-order chi connectivity index (χ0) is 23.2. The maximum Gasteiger partial charge on any atom is 0.340 e. The molecule has 3 aromatic rings. The number of hydrogen-bond acceptors (Lipinski definition) is 5. The molecule has 0 N–H and O–H groups in total. The first-order chi connectivity index (χ1) is 15.8. The fourth-order valence-corrected chi connectivity index (χ4v) is 4.86. The summed E-state index contributed by atoms with van der Waals surface area (Å²) in [4.78, 5) is 30.0. The van der Waals surface area contributed by atoms with Crippen molar-refractivity contribution in [3.05, 3.63) is 69.6 Å². The zero-order valence-corrected chi connectivity index (χ0v) is 19.5. The van der Waals surface area contributed by atoms with Gasteiger partial charge in [0.15, 0.2) is 0 Å². The van der Waals surface area contributed by atoms with Crippen molar-refractivity contribution < 1.29 is 13.9 Å². The number of ether oxygens (including phenoxy) is 1. The van der Waals surface area contributed by atoms with E-state index in [1.54, 1.807) is 0 Å². The van der Waals surface area contributed by atoms with E-state index in [9.17, 15) is 9.59 Å². The predicted molar refractivity (Wildman–Crippen MR) is 129 cm³/mol. The number of para-hydroxylation sites is 1. The minimum absolute atomic E-state index is 0.0273. The summed E-state index contributed by atoms with van der Waals surface area (Å²) >= 11 is 0. The van der Waals surface area contributed by atoms with E-state index in [-0.39, 0.29) is 17.9 Å². The van der Waals surface area contributed by atoms with E-state index < -0.39 is 5.63 Å². The molecule has 3 heterocycles. The number of rotatable bonds is 3. The van der Waals surface area contributed by atoms with Gasteiger partial charge in [-0.1, -0.05) is 18.2 Å². The second-order valence-electron chi connectivity index (χ2n) is 9.69. The molecule has 6 heteroatoms. The fourth-order valence-electron chi connectivity index (χ4n) is 4.86. The second-order valence-corrected chi connectivity index (χ2v) is 9.69. The first-order valence-corrected chi connectivity index (χ1v) is 11.7. The van der Waals surface area contributed by atoms with Crippen molar-refractivity contribution >= 4 is 22.6 Å². The smallest absolute Gasteiger partial charge is 0.340 e. The Morgan fingerprint density at radius 2 is 1.79 bits per heavy atom. The summed E-state index contributed by atoms with van der Waals surface area (Å²) in [7, 11) is 0. The fraction of sp³-hybridized carbons (Fsp3) is 0.407. The van der Waals surface area contributed by atoms with Crippen molar-refractivity contribution in [1.82, 2.24) is 4.90 Å². The van der Waals surface area contributed by atoms with Gasteiger partial charge in [-0.05, 0) is 62.9 Å². The van der Waals surface area contributed by atoms with Crippen LogP contribution in [0.15, 0.2) is 51.7 Å². The predicted octanol–water partition coefficient (Wildman–Crippen LogP) is 4.10. The maximum atomic E-state index is 13.1. The topological polar surface area (TPSA) is 63.0 Å². The summed E-state index contributed by atoms with van der Waals surface area (Å²) in [6.45, 7) is 8.90. The van der Waals surface area contributed by atoms with Gasteiger partial charge in [-0.15, -0.1) is 0 Å². The Balaban J connectivity index is 1.35. The number of hydrogen-bond donors (Lipinski definition) is 0. The molecule has 2 aromatic carbocycles. The number of benzene rings is 2. The SMILES string of the molecule is Cc1c(CC(=O)N2CCN(c3ccccc3)CC2)c(=O)oc2cc3c(cc12)CCC(C)(C)O3. The molecule has 0 bridgehead atoms. The molecule has 0 unspecified atom stereocenters. The first kappa shape index (κ1) is 21.6. The normalized spacial score (nSPS) is 17.5. The van der Waals surface area contributed by atoms with E-state index in [4.69, 9.17) is 9.15 Å². The van der Waals surface area contributed by atoms with Crippen LogP contribution >= 0.6 is 0 Å². The lowest BCUT2D eigenvalue weighted by atomic mass is 9.92. The Bertz CT molecular complexity index is 1250. The van der Waals surface area contributed by atoms with E-state index in [0.717, 1.165) is 48.2 Å². The number of anilines is 1. The van der Waals surface area contributed by atoms with E-state index in [1.807, 2.05) is 36.1 Å². The first-order valence-electron chi connectivity index (χ1n) is 11.7. The summed E-state index contributed by atoms with van der Waals surface area (Å²) in [5.41, 5.74) is 3.42. The third-order valence-electron chi connectivity index (χ3n) is 6.93. The largest absolute Gasteiger partial charge is 0.487 e. The van der Waals surface area contributed by atoms with Crippen LogP contribution < -0.4 is 15.3 Å². The van der Waals surface area contributed by atoms with Crippen LogP contribution in [0.3, 0.4) is 0 Å². The molecule has 2 aliphatic rings. The van der Waals surface area contributed by atoms with E-state index in [1.165, 1.54) is 5.69 Å². The van der Waals surface area contributed by atoms with E-state index in [2.05, 4.69) is 36.9 Å². The minimum Gasteiger partial charge on any atom is -0.487 e. The highest BCUT2D eigenvalue weighted by atomic mass is 16.5. The molecule has 5 rings (SSSR count). The highest BCUT2D eigenvalue weighted by Crippen LogP contribution is 2.36. The Hall–Kier alpha value is -3.28. The standard InChI is InChI=1S/C27H30N2O4/c1-18-21-15-19-9-10-27(2,3)33-23(19)17-24(21)32-26(31)22(18)16-25(30)29-13-11-28(12-14-29)20-7-5-4-6-8-20/h4-8,15,17H,9-14,16H2,1-3H3. The van der Waals surface area contributed by atoms with Crippen LogP contribution in [0.2, 0.25) is 0 Å². The molecule has 172 valence electrons. The summed E-state index contributed by atoms with van der Waals surface area (Å²) in [5.74, 6) is 0.752. The zero-order valence-electron chi connectivity index (χ0n) is 19.5. The van der Waals surface area contributed by atoms with Gasteiger partial charge in [-0.2, -0.15) is 0 Å². The van der Waals surface area contributed by atoms with Crippen LogP contribution in [0.5, 0.6) is 5.75 Å². The Morgan fingerprint density at radius 1 is 1.06 bits per heavy atom. The summed E-state index contributed by atoms with van der Waals surface area (Å²) in [6.07, 6.45) is 1.91. The number of nitrogens with zero attached hydrogens (tertiary/aromatic N) is 2. The molecule has 0 atom stereocenters. The van der Waals surface area contributed by atoms with Crippen LogP contribution in [-0.2, 0) is 17.6 Å². The van der Waals surface area contributed by atoms with Crippen LogP contribution in [0.25, 0.3) is 11.0 Å². The van der Waals surface area contributed by atoms with Crippen molar-refractivity contribution in [3.63, 3.8) is 0 Å². The molecule has 2 aliphatic heterocycles. The molecule has 1 saturated heterocycles. The lowest BCUT2D eigenvalue weighted by Crippen LogP contribution is -2.49. The van der Waals surface area contributed by atoms with Gasteiger partial charge in [-0.3, -0.25) is 4.79 Å². The van der Waals surface area contributed by atoms with Gasteiger partial charge in [0.25, 0.3) is 0 Å². The van der Waals surface area contributed by atoms with Gasteiger partial charge in [0.2, 0.25) is 5.91 Å². The van der Waals surface area contributed by atoms with Gasteiger partial charge in [-0.25, -0.2) is 4.79 Å². The van der Waals surface area contributed by atoms with Crippen LogP contribution in [0.4, 0.5) is 5.69 Å². The molecule has 0 saturated carbocycles.